The van der Waals surface area contributed by atoms with Gasteiger partial charge in [0.05, 0.1) is 17.4 Å². The normalized spacial score (nSPS) is 15.7. The lowest BCUT2D eigenvalue weighted by Crippen LogP contribution is -2.33. The minimum atomic E-state index is -0.800. The molecule has 0 fully saturated rings. The molecule has 1 amide bonds. The van der Waals surface area contributed by atoms with Crippen molar-refractivity contribution in [2.24, 2.45) is 5.10 Å². The van der Waals surface area contributed by atoms with E-state index in [1.165, 1.54) is 11.9 Å². The third kappa shape index (κ3) is 4.21. The number of halogens is 1. The van der Waals surface area contributed by atoms with Gasteiger partial charge in [-0.2, -0.15) is 5.10 Å². The van der Waals surface area contributed by atoms with Crippen molar-refractivity contribution in [1.29, 1.82) is 0 Å². The highest BCUT2D eigenvalue weighted by Crippen LogP contribution is 2.34. The molecule has 0 saturated carbocycles. The van der Waals surface area contributed by atoms with Crippen molar-refractivity contribution in [3.8, 4) is 11.6 Å². The Hall–Kier alpha value is -3.65. The van der Waals surface area contributed by atoms with E-state index in [9.17, 15) is 19.5 Å². The number of aromatic amines is 1. The lowest BCUT2D eigenvalue weighted by Gasteiger charge is -2.21. The second-order valence-corrected chi connectivity index (χ2v) is 8.66. The van der Waals surface area contributed by atoms with Crippen LogP contribution in [-0.2, 0) is 4.79 Å². The SMILES string of the molecule is CC(=O)N1N=C(c2c(O)n(-c3ccc(Cl)cc3)c(=O)[nH]c2=O)CC1c1ccc(C(C)C)cc1. The summed E-state index contributed by atoms with van der Waals surface area (Å²) in [7, 11) is 0. The number of carbonyl (C=O) groups excluding carboxylic acids is 1. The molecule has 3 aromatic rings. The maximum absolute atomic E-state index is 12.7. The van der Waals surface area contributed by atoms with E-state index in [-0.39, 0.29) is 23.6 Å². The van der Waals surface area contributed by atoms with Crippen LogP contribution < -0.4 is 11.2 Å². The molecule has 1 atom stereocenters. The van der Waals surface area contributed by atoms with Crippen molar-refractivity contribution in [3.63, 3.8) is 0 Å². The molecular weight excluding hydrogens is 444 g/mol. The molecule has 33 heavy (non-hydrogen) atoms. The number of amides is 1. The van der Waals surface area contributed by atoms with Crippen LogP contribution in [0.25, 0.3) is 5.69 Å². The molecule has 8 nitrogen and oxygen atoms in total. The number of aromatic hydroxyl groups is 1. The average molecular weight is 467 g/mol. The third-order valence-corrected chi connectivity index (χ3v) is 5.93. The van der Waals surface area contributed by atoms with Gasteiger partial charge in [0, 0.05) is 18.4 Å². The van der Waals surface area contributed by atoms with Crippen LogP contribution in [0.1, 0.15) is 55.8 Å². The smallest absolute Gasteiger partial charge is 0.335 e. The first-order valence-electron chi connectivity index (χ1n) is 10.5. The molecule has 1 aromatic heterocycles. The molecule has 0 radical (unpaired) electrons. The van der Waals surface area contributed by atoms with Crippen LogP contribution in [0.4, 0.5) is 0 Å². The summed E-state index contributed by atoms with van der Waals surface area (Å²) in [4.78, 5) is 39.7. The molecule has 0 saturated heterocycles. The lowest BCUT2D eigenvalue weighted by atomic mass is 9.96. The summed E-state index contributed by atoms with van der Waals surface area (Å²) in [5, 5.41) is 17.1. The number of carbonyl (C=O) groups is 1. The van der Waals surface area contributed by atoms with Crippen LogP contribution in [0, 0.1) is 0 Å². The molecule has 2 aromatic carbocycles. The van der Waals surface area contributed by atoms with Gasteiger partial charge in [0.25, 0.3) is 5.56 Å². The highest BCUT2D eigenvalue weighted by molar-refractivity contribution is 6.30. The molecule has 0 bridgehead atoms. The van der Waals surface area contributed by atoms with Gasteiger partial charge in [0.15, 0.2) is 0 Å². The Labute approximate surface area is 194 Å². The van der Waals surface area contributed by atoms with Gasteiger partial charge in [-0.05, 0) is 41.3 Å². The molecule has 9 heteroatoms. The van der Waals surface area contributed by atoms with Crippen LogP contribution in [0.15, 0.2) is 63.2 Å². The van der Waals surface area contributed by atoms with Crippen LogP contribution in [0.2, 0.25) is 5.02 Å². The number of hydrazone groups is 1. The molecule has 1 aliphatic heterocycles. The fourth-order valence-corrected chi connectivity index (χ4v) is 4.06. The first kappa shape index (κ1) is 22.5. The van der Waals surface area contributed by atoms with Crippen molar-refractivity contribution in [2.75, 3.05) is 0 Å². The average Bonchev–Trinajstić information content (AvgIpc) is 3.20. The molecule has 0 aliphatic carbocycles. The first-order chi connectivity index (χ1) is 15.7. The Balaban J connectivity index is 1.79. The van der Waals surface area contributed by atoms with Crippen LogP contribution >= 0.6 is 11.6 Å². The van der Waals surface area contributed by atoms with Gasteiger partial charge in [0.1, 0.15) is 5.56 Å². The quantitative estimate of drug-likeness (QED) is 0.611. The van der Waals surface area contributed by atoms with Crippen molar-refractivity contribution in [3.05, 3.63) is 91.1 Å². The van der Waals surface area contributed by atoms with E-state index in [4.69, 9.17) is 11.6 Å². The predicted octanol–water partition coefficient (Wildman–Crippen LogP) is 3.71. The van der Waals surface area contributed by atoms with Gasteiger partial charge in [-0.25, -0.2) is 14.4 Å². The summed E-state index contributed by atoms with van der Waals surface area (Å²) in [6.07, 6.45) is 0.204. The Morgan fingerprint density at radius 3 is 2.33 bits per heavy atom. The highest BCUT2D eigenvalue weighted by atomic mass is 35.5. The second kappa shape index (κ2) is 8.71. The van der Waals surface area contributed by atoms with E-state index >= 15 is 0 Å². The predicted molar refractivity (Wildman–Crippen MR) is 126 cm³/mol. The number of rotatable bonds is 4. The van der Waals surface area contributed by atoms with Gasteiger partial charge >= 0.3 is 5.69 Å². The zero-order valence-electron chi connectivity index (χ0n) is 18.4. The van der Waals surface area contributed by atoms with Crippen molar-refractivity contribution < 1.29 is 9.90 Å². The monoisotopic (exact) mass is 466 g/mol. The number of nitrogens with one attached hydrogen (secondary N) is 1. The molecule has 1 aliphatic rings. The van der Waals surface area contributed by atoms with Gasteiger partial charge < -0.3 is 5.11 Å². The topological polar surface area (TPSA) is 108 Å². The minimum Gasteiger partial charge on any atom is -0.493 e. The maximum Gasteiger partial charge on any atom is 0.335 e. The summed E-state index contributed by atoms with van der Waals surface area (Å²) < 4.78 is 0.971. The van der Waals surface area contributed by atoms with E-state index in [1.807, 2.05) is 24.3 Å². The summed E-state index contributed by atoms with van der Waals surface area (Å²) >= 11 is 5.92. The fourth-order valence-electron chi connectivity index (χ4n) is 3.93. The van der Waals surface area contributed by atoms with Crippen LogP contribution in [-0.4, -0.2) is 31.3 Å². The lowest BCUT2D eigenvalue weighted by molar-refractivity contribution is -0.130. The number of nitrogens with zero attached hydrogens (tertiary/aromatic N) is 3. The minimum absolute atomic E-state index is 0.155. The van der Waals surface area contributed by atoms with E-state index < -0.39 is 23.2 Å². The van der Waals surface area contributed by atoms with Crippen LogP contribution in [0.5, 0.6) is 5.88 Å². The number of aromatic nitrogens is 2. The molecule has 170 valence electrons. The zero-order valence-corrected chi connectivity index (χ0v) is 19.1. The van der Waals surface area contributed by atoms with Gasteiger partial charge in [-0.3, -0.25) is 14.6 Å². The third-order valence-electron chi connectivity index (χ3n) is 5.68. The number of benzene rings is 2. The second-order valence-electron chi connectivity index (χ2n) is 8.22. The van der Waals surface area contributed by atoms with Gasteiger partial charge in [-0.15, -0.1) is 0 Å². The van der Waals surface area contributed by atoms with E-state index in [0.717, 1.165) is 15.7 Å². The summed E-state index contributed by atoms with van der Waals surface area (Å²) in [5.74, 6) is -0.489. The van der Waals surface area contributed by atoms with Crippen molar-refractivity contribution in [2.45, 2.75) is 39.2 Å². The van der Waals surface area contributed by atoms with E-state index in [0.29, 0.717) is 16.6 Å². The number of hydrogen-bond acceptors (Lipinski definition) is 5. The van der Waals surface area contributed by atoms with E-state index in [1.54, 1.807) is 24.3 Å². The van der Waals surface area contributed by atoms with Crippen molar-refractivity contribution in [1.82, 2.24) is 14.6 Å². The Kier molecular flexibility index (Phi) is 5.95. The molecule has 1 unspecified atom stereocenters. The summed E-state index contributed by atoms with van der Waals surface area (Å²) in [6.45, 7) is 5.58. The largest absolute Gasteiger partial charge is 0.493 e. The zero-order chi connectivity index (χ0) is 23.9. The fraction of sp³-hybridized carbons (Fsp3) is 0.250. The van der Waals surface area contributed by atoms with Gasteiger partial charge in [-0.1, -0.05) is 49.7 Å². The van der Waals surface area contributed by atoms with Gasteiger partial charge in [0.2, 0.25) is 11.8 Å². The summed E-state index contributed by atoms with van der Waals surface area (Å²) in [6, 6.07) is 13.7. The maximum atomic E-state index is 12.7. The molecular formula is C24H23ClN4O4. The first-order valence-corrected chi connectivity index (χ1v) is 10.9. The standard InChI is InChI=1S/C24H23ClN4O4/c1-13(2)15-4-6-16(7-5-15)20-12-19(27-29(20)14(3)30)21-22(31)26-24(33)28(23(21)32)18-10-8-17(25)9-11-18/h4-11,13,20,32H,12H2,1-3H3,(H,26,31,33). The Morgan fingerprint density at radius 2 is 1.76 bits per heavy atom. The van der Waals surface area contributed by atoms with Crippen molar-refractivity contribution >= 4 is 23.2 Å². The molecule has 0 spiro atoms. The highest BCUT2D eigenvalue weighted by Gasteiger charge is 2.34. The summed E-state index contributed by atoms with van der Waals surface area (Å²) in [5.41, 5.74) is 0.822. The Morgan fingerprint density at radius 1 is 1.12 bits per heavy atom. The molecule has 2 heterocycles. The molecule has 2 N–H and O–H groups in total. The Bertz CT molecular complexity index is 1360. The van der Waals surface area contributed by atoms with E-state index in [2.05, 4.69) is 23.9 Å². The van der Waals surface area contributed by atoms with Crippen LogP contribution in [0.3, 0.4) is 0 Å². The molecule has 4 rings (SSSR count). The number of hydrogen-bond donors (Lipinski definition) is 2. The number of H-pyrrole nitrogens is 1.